The van der Waals surface area contributed by atoms with Crippen LogP contribution in [0.3, 0.4) is 0 Å². The molecule has 1 fully saturated rings. The topological polar surface area (TPSA) is 95.4 Å². The van der Waals surface area contributed by atoms with Crippen molar-refractivity contribution in [2.75, 3.05) is 24.5 Å². The maximum absolute atomic E-state index is 11.1. The van der Waals surface area contributed by atoms with Crippen molar-refractivity contribution in [3.8, 4) is 0 Å². The van der Waals surface area contributed by atoms with E-state index in [1.54, 1.807) is 4.90 Å². The Bertz CT molecular complexity index is 435. The van der Waals surface area contributed by atoms with E-state index in [0.29, 0.717) is 13.1 Å². The van der Waals surface area contributed by atoms with Crippen molar-refractivity contribution >= 4 is 17.8 Å². The first-order valence-electron chi connectivity index (χ1n) is 4.75. The number of carbonyl (C=O) groups is 2. The molecule has 0 saturated carbocycles. The van der Waals surface area contributed by atoms with Gasteiger partial charge in [0.15, 0.2) is 5.69 Å². The Balaban J connectivity index is 2.22. The third kappa shape index (κ3) is 2.08. The summed E-state index contributed by atoms with van der Waals surface area (Å²) in [6, 6.07) is 1.32. The van der Waals surface area contributed by atoms with E-state index < -0.39 is 5.97 Å². The normalized spacial score (nSPS) is 15.8. The molecule has 0 aromatic carbocycles. The van der Waals surface area contributed by atoms with Gasteiger partial charge in [0.25, 0.3) is 0 Å². The average Bonchev–Trinajstić information content (AvgIpc) is 2.29. The van der Waals surface area contributed by atoms with Gasteiger partial charge in [-0.25, -0.2) is 14.8 Å². The highest BCUT2D eigenvalue weighted by molar-refractivity contribution is 5.86. The standard InChI is InChI=1S/C9H10N4O3/c14-7-5-13(4-3-10-7)9-11-2-1-6(12-9)8(15)16/h1-2H,3-5H2,(H,10,14)(H,15,16). The molecule has 16 heavy (non-hydrogen) atoms. The number of hydrogen-bond donors (Lipinski definition) is 2. The molecule has 84 valence electrons. The van der Waals surface area contributed by atoms with Gasteiger partial charge < -0.3 is 15.3 Å². The van der Waals surface area contributed by atoms with Crippen molar-refractivity contribution in [3.63, 3.8) is 0 Å². The number of aromatic carboxylic acids is 1. The number of rotatable bonds is 2. The molecule has 0 radical (unpaired) electrons. The van der Waals surface area contributed by atoms with E-state index >= 15 is 0 Å². The van der Waals surface area contributed by atoms with Crippen LogP contribution < -0.4 is 10.2 Å². The van der Waals surface area contributed by atoms with E-state index in [9.17, 15) is 9.59 Å². The Morgan fingerprint density at radius 3 is 3.06 bits per heavy atom. The van der Waals surface area contributed by atoms with Gasteiger partial charge in [-0.2, -0.15) is 0 Å². The molecule has 1 saturated heterocycles. The van der Waals surface area contributed by atoms with Gasteiger partial charge in [-0.15, -0.1) is 0 Å². The predicted molar refractivity (Wildman–Crippen MR) is 54.2 cm³/mol. The van der Waals surface area contributed by atoms with Crippen LogP contribution in [0.4, 0.5) is 5.95 Å². The highest BCUT2D eigenvalue weighted by atomic mass is 16.4. The van der Waals surface area contributed by atoms with E-state index in [1.165, 1.54) is 12.3 Å². The highest BCUT2D eigenvalue weighted by Crippen LogP contribution is 2.08. The second kappa shape index (κ2) is 4.13. The van der Waals surface area contributed by atoms with E-state index in [0.717, 1.165) is 0 Å². The molecule has 7 heteroatoms. The number of aromatic nitrogens is 2. The van der Waals surface area contributed by atoms with Gasteiger partial charge in [0.05, 0.1) is 6.54 Å². The molecule has 1 amide bonds. The summed E-state index contributed by atoms with van der Waals surface area (Å²) in [7, 11) is 0. The Labute approximate surface area is 91.1 Å². The van der Waals surface area contributed by atoms with Crippen LogP contribution in [-0.4, -0.2) is 46.6 Å². The van der Waals surface area contributed by atoms with Gasteiger partial charge in [0.1, 0.15) is 0 Å². The fourth-order valence-electron chi connectivity index (χ4n) is 1.43. The molecule has 2 N–H and O–H groups in total. The molecule has 0 spiro atoms. The first kappa shape index (κ1) is 10.3. The maximum atomic E-state index is 11.1. The SMILES string of the molecule is O=C1CN(c2nccc(C(=O)O)n2)CCN1. The number of piperazine rings is 1. The number of carbonyl (C=O) groups excluding carboxylic acids is 1. The minimum absolute atomic E-state index is 0.0732. The lowest BCUT2D eigenvalue weighted by molar-refractivity contribution is -0.120. The number of hydrogen-bond acceptors (Lipinski definition) is 5. The van der Waals surface area contributed by atoms with Crippen molar-refractivity contribution in [2.45, 2.75) is 0 Å². The van der Waals surface area contributed by atoms with Crippen LogP contribution >= 0.6 is 0 Å². The van der Waals surface area contributed by atoms with Crippen molar-refractivity contribution in [1.82, 2.24) is 15.3 Å². The first-order chi connectivity index (χ1) is 7.66. The predicted octanol–water partition coefficient (Wildman–Crippen LogP) is -0.889. The molecule has 0 unspecified atom stereocenters. The van der Waals surface area contributed by atoms with Gasteiger partial charge >= 0.3 is 5.97 Å². The number of carboxylic acids is 1. The summed E-state index contributed by atoms with van der Waals surface area (Å²) in [5, 5.41) is 11.4. The number of amides is 1. The lowest BCUT2D eigenvalue weighted by Gasteiger charge is -2.26. The van der Waals surface area contributed by atoms with Crippen LogP contribution in [0, 0.1) is 0 Å². The number of anilines is 1. The van der Waals surface area contributed by atoms with Crippen LogP contribution in [0.15, 0.2) is 12.3 Å². The van der Waals surface area contributed by atoms with Crippen molar-refractivity contribution in [1.29, 1.82) is 0 Å². The number of carboxylic acid groups (broad SMARTS) is 1. The molecule has 1 aliphatic heterocycles. The van der Waals surface area contributed by atoms with Crippen molar-refractivity contribution in [3.05, 3.63) is 18.0 Å². The molecule has 1 aliphatic rings. The van der Waals surface area contributed by atoms with E-state index in [-0.39, 0.29) is 24.1 Å². The van der Waals surface area contributed by atoms with Crippen LogP contribution in [0.25, 0.3) is 0 Å². The summed E-state index contributed by atoms with van der Waals surface area (Å²) in [6.45, 7) is 1.25. The monoisotopic (exact) mass is 222 g/mol. The van der Waals surface area contributed by atoms with Crippen LogP contribution in [0.2, 0.25) is 0 Å². The molecule has 7 nitrogen and oxygen atoms in total. The van der Waals surface area contributed by atoms with Crippen molar-refractivity contribution < 1.29 is 14.7 Å². The molecule has 1 aromatic rings. The summed E-state index contributed by atoms with van der Waals surface area (Å²) in [5.74, 6) is -0.949. The lowest BCUT2D eigenvalue weighted by atomic mass is 10.3. The second-order valence-corrected chi connectivity index (χ2v) is 3.32. The lowest BCUT2D eigenvalue weighted by Crippen LogP contribution is -2.48. The minimum atomic E-state index is -1.11. The molecule has 2 heterocycles. The zero-order chi connectivity index (χ0) is 11.5. The largest absolute Gasteiger partial charge is 0.477 e. The van der Waals surface area contributed by atoms with Gasteiger partial charge in [-0.1, -0.05) is 0 Å². The molecular weight excluding hydrogens is 212 g/mol. The summed E-state index contributed by atoms with van der Waals surface area (Å²) in [5.41, 5.74) is -0.0732. The molecule has 0 bridgehead atoms. The Morgan fingerprint density at radius 2 is 2.38 bits per heavy atom. The number of nitrogens with one attached hydrogen (secondary N) is 1. The Hall–Kier alpha value is -2.18. The van der Waals surface area contributed by atoms with Crippen LogP contribution in [0.1, 0.15) is 10.5 Å². The summed E-state index contributed by atoms with van der Waals surface area (Å²) in [4.78, 5) is 31.3. The van der Waals surface area contributed by atoms with Gasteiger partial charge in [0, 0.05) is 19.3 Å². The maximum Gasteiger partial charge on any atom is 0.354 e. The minimum Gasteiger partial charge on any atom is -0.477 e. The Kier molecular flexibility index (Phi) is 2.67. The second-order valence-electron chi connectivity index (χ2n) is 3.32. The van der Waals surface area contributed by atoms with E-state index in [1.807, 2.05) is 0 Å². The zero-order valence-electron chi connectivity index (χ0n) is 8.38. The van der Waals surface area contributed by atoms with E-state index in [2.05, 4.69) is 15.3 Å². The average molecular weight is 222 g/mol. The molecule has 2 rings (SSSR count). The van der Waals surface area contributed by atoms with E-state index in [4.69, 9.17) is 5.11 Å². The summed E-state index contributed by atoms with van der Waals surface area (Å²) in [6.07, 6.45) is 1.37. The summed E-state index contributed by atoms with van der Waals surface area (Å²) >= 11 is 0. The smallest absolute Gasteiger partial charge is 0.354 e. The molecule has 1 aromatic heterocycles. The van der Waals surface area contributed by atoms with Crippen LogP contribution in [0.5, 0.6) is 0 Å². The molecular formula is C9H10N4O3. The van der Waals surface area contributed by atoms with Gasteiger partial charge in [-0.05, 0) is 6.07 Å². The fourth-order valence-corrected chi connectivity index (χ4v) is 1.43. The third-order valence-electron chi connectivity index (χ3n) is 2.18. The summed E-state index contributed by atoms with van der Waals surface area (Å²) < 4.78 is 0. The first-order valence-corrected chi connectivity index (χ1v) is 4.75. The van der Waals surface area contributed by atoms with Crippen LogP contribution in [-0.2, 0) is 4.79 Å². The van der Waals surface area contributed by atoms with Gasteiger partial charge in [0.2, 0.25) is 11.9 Å². The zero-order valence-corrected chi connectivity index (χ0v) is 8.38. The highest BCUT2D eigenvalue weighted by Gasteiger charge is 2.19. The quantitative estimate of drug-likeness (QED) is 0.674. The molecule has 0 aliphatic carbocycles. The van der Waals surface area contributed by atoms with Gasteiger partial charge in [-0.3, -0.25) is 4.79 Å². The number of nitrogens with zero attached hydrogens (tertiary/aromatic N) is 3. The van der Waals surface area contributed by atoms with Crippen molar-refractivity contribution in [2.24, 2.45) is 0 Å². The third-order valence-corrected chi connectivity index (χ3v) is 2.18. The Morgan fingerprint density at radius 1 is 1.56 bits per heavy atom. The fraction of sp³-hybridized carbons (Fsp3) is 0.333. The molecule has 0 atom stereocenters.